The Morgan fingerprint density at radius 2 is 2.19 bits per heavy atom. The minimum Gasteiger partial charge on any atom is -0.504 e. The first-order valence-electron chi connectivity index (χ1n) is 4.23. The van der Waals surface area contributed by atoms with Crippen molar-refractivity contribution in [2.45, 2.75) is 0 Å². The van der Waals surface area contributed by atoms with E-state index in [-0.39, 0.29) is 22.5 Å². The van der Waals surface area contributed by atoms with Crippen molar-refractivity contribution in [3.63, 3.8) is 0 Å². The maximum Gasteiger partial charge on any atom is 0.211 e. The van der Waals surface area contributed by atoms with Gasteiger partial charge in [0.05, 0.1) is 18.3 Å². The molecule has 0 aliphatic rings. The monoisotopic (exact) mass is 242 g/mol. The number of nitrogens with two attached hydrogens (primary N) is 2. The minimum absolute atomic E-state index is 0.0495. The van der Waals surface area contributed by atoms with Crippen LogP contribution in [-0.2, 0) is 0 Å². The number of hydrogen-bond acceptors (Lipinski definition) is 4. The Balaban J connectivity index is 3.07. The van der Waals surface area contributed by atoms with Gasteiger partial charge in [0, 0.05) is 5.56 Å². The number of aromatic hydroxyl groups is 1. The normalized spacial score (nSPS) is 10.4. The average molecular weight is 243 g/mol. The number of guanidine groups is 1. The number of phenols is 1. The lowest BCUT2D eigenvalue weighted by atomic mass is 10.2. The van der Waals surface area contributed by atoms with Gasteiger partial charge in [-0.25, -0.2) is 0 Å². The van der Waals surface area contributed by atoms with Crippen LogP contribution in [0.25, 0.3) is 0 Å². The van der Waals surface area contributed by atoms with Crippen LogP contribution in [0.15, 0.2) is 22.3 Å². The summed E-state index contributed by atoms with van der Waals surface area (Å²) < 4.78 is 4.92. The number of rotatable bonds is 3. The molecule has 16 heavy (non-hydrogen) atoms. The van der Waals surface area contributed by atoms with E-state index in [9.17, 15) is 5.11 Å². The molecule has 0 heterocycles. The third-order valence-corrected chi connectivity index (χ3v) is 2.07. The van der Waals surface area contributed by atoms with Crippen LogP contribution in [-0.4, -0.2) is 24.4 Å². The fourth-order valence-corrected chi connectivity index (χ4v) is 1.30. The number of nitrogens with zero attached hydrogens (tertiary/aromatic N) is 2. The zero-order valence-electron chi connectivity index (χ0n) is 8.51. The molecule has 0 bridgehead atoms. The second kappa shape index (κ2) is 5.22. The van der Waals surface area contributed by atoms with E-state index in [2.05, 4.69) is 10.2 Å². The van der Waals surface area contributed by atoms with E-state index in [1.54, 1.807) is 6.07 Å². The van der Waals surface area contributed by atoms with E-state index < -0.39 is 0 Å². The van der Waals surface area contributed by atoms with E-state index in [1.165, 1.54) is 19.4 Å². The zero-order valence-corrected chi connectivity index (χ0v) is 9.27. The van der Waals surface area contributed by atoms with Crippen molar-refractivity contribution in [2.75, 3.05) is 7.11 Å². The SMILES string of the molecule is COc1c(O)ccc(C=NN=C(N)N)c1Cl. The first kappa shape index (κ1) is 12.1. The molecule has 86 valence electrons. The Morgan fingerprint density at radius 1 is 1.50 bits per heavy atom. The van der Waals surface area contributed by atoms with Crippen LogP contribution in [0.4, 0.5) is 0 Å². The number of halogens is 1. The number of ether oxygens (including phenoxy) is 1. The van der Waals surface area contributed by atoms with Gasteiger partial charge in [0.25, 0.3) is 0 Å². The zero-order chi connectivity index (χ0) is 12.1. The average Bonchev–Trinajstić information content (AvgIpc) is 2.22. The number of benzene rings is 1. The molecule has 0 saturated carbocycles. The first-order valence-corrected chi connectivity index (χ1v) is 4.61. The molecule has 0 amide bonds. The molecule has 0 saturated heterocycles. The van der Waals surface area contributed by atoms with Gasteiger partial charge in [-0.1, -0.05) is 11.6 Å². The van der Waals surface area contributed by atoms with E-state index in [0.717, 1.165) is 0 Å². The van der Waals surface area contributed by atoms with Crippen molar-refractivity contribution in [1.82, 2.24) is 0 Å². The van der Waals surface area contributed by atoms with Crippen molar-refractivity contribution in [1.29, 1.82) is 0 Å². The van der Waals surface area contributed by atoms with Crippen molar-refractivity contribution in [3.05, 3.63) is 22.7 Å². The summed E-state index contributed by atoms with van der Waals surface area (Å²) in [4.78, 5) is 0. The van der Waals surface area contributed by atoms with E-state index in [1.807, 2.05) is 0 Å². The van der Waals surface area contributed by atoms with Gasteiger partial charge in [0.15, 0.2) is 11.5 Å². The molecule has 5 N–H and O–H groups in total. The van der Waals surface area contributed by atoms with Gasteiger partial charge in [-0.15, -0.1) is 5.10 Å². The second-order valence-electron chi connectivity index (χ2n) is 2.79. The molecule has 0 radical (unpaired) electrons. The van der Waals surface area contributed by atoms with Gasteiger partial charge in [0.1, 0.15) is 0 Å². The molecular formula is C9H11ClN4O2. The Labute approximate surface area is 97.2 Å². The van der Waals surface area contributed by atoms with Crippen LogP contribution < -0.4 is 16.2 Å². The number of hydrogen-bond donors (Lipinski definition) is 3. The van der Waals surface area contributed by atoms with Crippen LogP contribution in [0, 0.1) is 0 Å². The van der Waals surface area contributed by atoms with Gasteiger partial charge >= 0.3 is 0 Å². The van der Waals surface area contributed by atoms with Gasteiger partial charge in [0.2, 0.25) is 5.96 Å². The highest BCUT2D eigenvalue weighted by Crippen LogP contribution is 2.35. The molecule has 0 aromatic heterocycles. The van der Waals surface area contributed by atoms with Crippen molar-refractivity contribution >= 4 is 23.8 Å². The number of methoxy groups -OCH3 is 1. The fraction of sp³-hybridized carbons (Fsp3) is 0.111. The van der Waals surface area contributed by atoms with Crippen molar-refractivity contribution in [2.24, 2.45) is 21.7 Å². The highest BCUT2D eigenvalue weighted by Gasteiger charge is 2.10. The van der Waals surface area contributed by atoms with Crippen LogP contribution in [0.2, 0.25) is 5.02 Å². The maximum atomic E-state index is 9.41. The van der Waals surface area contributed by atoms with Crippen LogP contribution >= 0.6 is 11.6 Å². The second-order valence-corrected chi connectivity index (χ2v) is 3.17. The summed E-state index contributed by atoms with van der Waals surface area (Å²) >= 11 is 5.94. The minimum atomic E-state index is -0.155. The van der Waals surface area contributed by atoms with Crippen molar-refractivity contribution < 1.29 is 9.84 Å². The van der Waals surface area contributed by atoms with Crippen LogP contribution in [0.5, 0.6) is 11.5 Å². The highest BCUT2D eigenvalue weighted by molar-refractivity contribution is 6.34. The maximum absolute atomic E-state index is 9.41. The molecule has 1 rings (SSSR count). The Morgan fingerprint density at radius 3 is 2.75 bits per heavy atom. The summed E-state index contributed by atoms with van der Waals surface area (Å²) in [6.07, 6.45) is 1.35. The summed E-state index contributed by atoms with van der Waals surface area (Å²) in [6, 6.07) is 2.99. The summed E-state index contributed by atoms with van der Waals surface area (Å²) in [6.45, 7) is 0. The fourth-order valence-electron chi connectivity index (χ4n) is 1.01. The lowest BCUT2D eigenvalue weighted by molar-refractivity contribution is 0.373. The molecule has 1 aromatic carbocycles. The lowest BCUT2D eigenvalue weighted by Gasteiger charge is -2.06. The topological polar surface area (TPSA) is 106 Å². The largest absolute Gasteiger partial charge is 0.504 e. The predicted molar refractivity (Wildman–Crippen MR) is 63.1 cm³/mol. The lowest BCUT2D eigenvalue weighted by Crippen LogP contribution is -2.21. The standard InChI is InChI=1S/C9H11ClN4O2/c1-16-8-6(15)3-2-5(7(8)10)4-13-14-9(11)12/h2-4,15H,1H3,(H4,11,12,14). The molecule has 0 atom stereocenters. The molecular weight excluding hydrogens is 232 g/mol. The molecule has 1 aromatic rings. The molecule has 0 unspecified atom stereocenters. The highest BCUT2D eigenvalue weighted by atomic mass is 35.5. The van der Waals surface area contributed by atoms with Crippen LogP contribution in [0.1, 0.15) is 5.56 Å². The van der Waals surface area contributed by atoms with Gasteiger partial charge in [-0.2, -0.15) is 5.10 Å². The quantitative estimate of drug-likeness (QED) is 0.411. The third-order valence-electron chi connectivity index (χ3n) is 1.68. The molecule has 0 fully saturated rings. The molecule has 0 aliphatic heterocycles. The molecule has 0 aliphatic carbocycles. The molecule has 7 heteroatoms. The van der Waals surface area contributed by atoms with E-state index in [0.29, 0.717) is 5.56 Å². The van der Waals surface area contributed by atoms with Gasteiger partial charge in [-0.3, -0.25) is 0 Å². The predicted octanol–water partition coefficient (Wildman–Crippen LogP) is 0.662. The summed E-state index contributed by atoms with van der Waals surface area (Å²) in [7, 11) is 1.40. The smallest absolute Gasteiger partial charge is 0.211 e. The summed E-state index contributed by atoms with van der Waals surface area (Å²) in [5, 5.41) is 16.7. The first-order chi connectivity index (χ1) is 7.56. The third kappa shape index (κ3) is 2.77. The molecule has 0 spiro atoms. The Hall–Kier alpha value is -1.95. The van der Waals surface area contributed by atoms with E-state index >= 15 is 0 Å². The molecule has 6 nitrogen and oxygen atoms in total. The number of phenolic OH excluding ortho intramolecular Hbond substituents is 1. The Kier molecular flexibility index (Phi) is 3.96. The summed E-state index contributed by atoms with van der Waals surface area (Å²) in [5.74, 6) is -0.0278. The van der Waals surface area contributed by atoms with Gasteiger partial charge in [-0.05, 0) is 12.1 Å². The van der Waals surface area contributed by atoms with Gasteiger partial charge < -0.3 is 21.3 Å². The van der Waals surface area contributed by atoms with E-state index in [4.69, 9.17) is 27.8 Å². The van der Waals surface area contributed by atoms with Crippen LogP contribution in [0.3, 0.4) is 0 Å². The summed E-state index contributed by atoms with van der Waals surface area (Å²) in [5.41, 5.74) is 10.7. The van der Waals surface area contributed by atoms with Crippen molar-refractivity contribution in [3.8, 4) is 11.5 Å². The Bertz CT molecular complexity index is 441.